The molecule has 0 unspecified atom stereocenters. The molecule has 1 aliphatic carbocycles. The Labute approximate surface area is 138 Å². The maximum Gasteiger partial charge on any atom is 0.0587 e. The molecule has 4 heteroatoms. The van der Waals surface area contributed by atoms with Crippen LogP contribution in [0.2, 0.25) is 10.0 Å². The summed E-state index contributed by atoms with van der Waals surface area (Å²) < 4.78 is 5.12. The molecule has 2 nitrogen and oxygen atoms in total. The Bertz CT molecular complexity index is 456. The Balaban J connectivity index is 2.18. The van der Waals surface area contributed by atoms with Gasteiger partial charge >= 0.3 is 0 Å². The number of hydrogen-bond acceptors (Lipinski definition) is 2. The fraction of sp³-hybridized carbons (Fsp3) is 0.647. The lowest BCUT2D eigenvalue weighted by Gasteiger charge is -2.41. The molecule has 0 radical (unpaired) electrons. The molecule has 1 aliphatic rings. The standard InChI is InChI=1S/C17H25Cl2NO/c1-13-5-7-17(8-6-13,12-20-9-10-21-2)15-4-3-14(18)11-16(15)19/h3-4,11,13,20H,5-10,12H2,1-2H3. The summed E-state index contributed by atoms with van der Waals surface area (Å²) in [6.07, 6.45) is 4.86. The summed E-state index contributed by atoms with van der Waals surface area (Å²) in [4.78, 5) is 0. The van der Waals surface area contributed by atoms with E-state index in [1.165, 1.54) is 31.2 Å². The van der Waals surface area contributed by atoms with Crippen LogP contribution in [0.15, 0.2) is 18.2 Å². The van der Waals surface area contributed by atoms with Crippen molar-refractivity contribution >= 4 is 23.2 Å². The first-order chi connectivity index (χ1) is 10.1. The van der Waals surface area contributed by atoms with E-state index >= 15 is 0 Å². The average molecular weight is 330 g/mol. The van der Waals surface area contributed by atoms with Gasteiger partial charge in [0.25, 0.3) is 0 Å². The van der Waals surface area contributed by atoms with Crippen LogP contribution in [0.1, 0.15) is 38.2 Å². The van der Waals surface area contributed by atoms with Crippen molar-refractivity contribution in [1.29, 1.82) is 0 Å². The third kappa shape index (κ3) is 4.35. The van der Waals surface area contributed by atoms with Crippen molar-refractivity contribution in [3.05, 3.63) is 33.8 Å². The van der Waals surface area contributed by atoms with Crippen LogP contribution >= 0.6 is 23.2 Å². The van der Waals surface area contributed by atoms with Gasteiger partial charge in [0.05, 0.1) is 6.61 Å². The van der Waals surface area contributed by atoms with Crippen LogP contribution in [0.5, 0.6) is 0 Å². The highest BCUT2D eigenvalue weighted by atomic mass is 35.5. The maximum absolute atomic E-state index is 6.49. The van der Waals surface area contributed by atoms with Crippen molar-refractivity contribution in [2.24, 2.45) is 5.92 Å². The van der Waals surface area contributed by atoms with E-state index in [1.54, 1.807) is 7.11 Å². The van der Waals surface area contributed by atoms with Crippen molar-refractivity contribution in [3.8, 4) is 0 Å². The lowest BCUT2D eigenvalue weighted by molar-refractivity contribution is 0.187. The molecule has 0 bridgehead atoms. The van der Waals surface area contributed by atoms with Crippen molar-refractivity contribution in [2.45, 2.75) is 38.0 Å². The second kappa shape index (κ2) is 7.82. The smallest absolute Gasteiger partial charge is 0.0587 e. The normalized spacial score (nSPS) is 26.0. The summed E-state index contributed by atoms with van der Waals surface area (Å²) in [5.41, 5.74) is 1.37. The highest BCUT2D eigenvalue weighted by Gasteiger charge is 2.36. The van der Waals surface area contributed by atoms with Gasteiger partial charge < -0.3 is 10.1 Å². The molecule has 0 heterocycles. The minimum absolute atomic E-state index is 0.127. The zero-order valence-electron chi connectivity index (χ0n) is 12.9. The quantitative estimate of drug-likeness (QED) is 0.765. The SMILES string of the molecule is COCCNCC1(c2ccc(Cl)cc2Cl)CCC(C)CC1. The molecular weight excluding hydrogens is 305 g/mol. The van der Waals surface area contributed by atoms with E-state index in [0.717, 1.165) is 30.6 Å². The third-order valence-electron chi connectivity index (χ3n) is 4.68. The lowest BCUT2D eigenvalue weighted by Crippen LogP contribution is -2.42. The van der Waals surface area contributed by atoms with Gasteiger partial charge in [-0.1, -0.05) is 36.2 Å². The van der Waals surface area contributed by atoms with Crippen molar-refractivity contribution in [3.63, 3.8) is 0 Å². The van der Waals surface area contributed by atoms with Gasteiger partial charge in [-0.25, -0.2) is 0 Å². The van der Waals surface area contributed by atoms with Crippen molar-refractivity contribution < 1.29 is 4.74 Å². The van der Waals surface area contributed by atoms with E-state index in [0.29, 0.717) is 5.02 Å². The van der Waals surface area contributed by atoms with Gasteiger partial charge in [0.1, 0.15) is 0 Å². The molecule has 118 valence electrons. The molecule has 0 atom stereocenters. The van der Waals surface area contributed by atoms with E-state index in [2.05, 4.69) is 18.3 Å². The van der Waals surface area contributed by atoms with Crippen LogP contribution in [-0.4, -0.2) is 26.8 Å². The summed E-state index contributed by atoms with van der Waals surface area (Å²) in [7, 11) is 1.73. The maximum atomic E-state index is 6.49. The van der Waals surface area contributed by atoms with Crippen LogP contribution in [-0.2, 0) is 10.2 Å². The molecule has 1 aromatic carbocycles. The first kappa shape index (κ1) is 17.1. The van der Waals surface area contributed by atoms with Crippen LogP contribution < -0.4 is 5.32 Å². The molecule has 0 saturated heterocycles. The zero-order valence-corrected chi connectivity index (χ0v) is 14.4. The highest BCUT2D eigenvalue weighted by molar-refractivity contribution is 6.35. The monoisotopic (exact) mass is 329 g/mol. The van der Waals surface area contributed by atoms with Gasteiger partial charge in [-0.3, -0.25) is 0 Å². The molecule has 0 amide bonds. The van der Waals surface area contributed by atoms with Gasteiger partial charge in [-0.05, 0) is 49.3 Å². The predicted molar refractivity (Wildman–Crippen MR) is 90.5 cm³/mol. The Morgan fingerprint density at radius 1 is 1.29 bits per heavy atom. The molecule has 1 fully saturated rings. The minimum Gasteiger partial charge on any atom is -0.383 e. The fourth-order valence-electron chi connectivity index (χ4n) is 3.28. The zero-order chi connectivity index (χ0) is 15.3. The molecule has 1 aromatic rings. The van der Waals surface area contributed by atoms with Crippen molar-refractivity contribution in [2.75, 3.05) is 26.8 Å². The van der Waals surface area contributed by atoms with E-state index < -0.39 is 0 Å². The summed E-state index contributed by atoms with van der Waals surface area (Å²) in [6, 6.07) is 5.93. The van der Waals surface area contributed by atoms with Gasteiger partial charge in [-0.2, -0.15) is 0 Å². The van der Waals surface area contributed by atoms with Crippen LogP contribution in [0.25, 0.3) is 0 Å². The number of ether oxygens (including phenoxy) is 1. The second-order valence-corrected chi connectivity index (χ2v) is 7.10. The number of hydrogen-bond donors (Lipinski definition) is 1. The summed E-state index contributed by atoms with van der Waals surface area (Å²) in [5.74, 6) is 0.808. The predicted octanol–water partition coefficient (Wildman–Crippen LogP) is 4.68. The number of benzene rings is 1. The lowest BCUT2D eigenvalue weighted by atomic mass is 9.67. The van der Waals surface area contributed by atoms with Crippen LogP contribution in [0.3, 0.4) is 0 Å². The molecule has 0 spiro atoms. The van der Waals surface area contributed by atoms with Crippen LogP contribution in [0, 0.1) is 5.92 Å². The molecular formula is C17H25Cl2NO. The molecule has 0 aromatic heterocycles. The first-order valence-corrected chi connectivity index (χ1v) is 8.48. The number of nitrogens with one attached hydrogen (secondary N) is 1. The third-order valence-corrected chi connectivity index (χ3v) is 5.23. The Morgan fingerprint density at radius 3 is 2.62 bits per heavy atom. The minimum atomic E-state index is 0.127. The van der Waals surface area contributed by atoms with Gasteiger partial charge in [0.2, 0.25) is 0 Å². The van der Waals surface area contributed by atoms with Crippen LogP contribution in [0.4, 0.5) is 0 Å². The van der Waals surface area contributed by atoms with Gasteiger partial charge in [0, 0.05) is 35.7 Å². The summed E-state index contributed by atoms with van der Waals surface area (Å²) in [5, 5.41) is 5.04. The fourth-order valence-corrected chi connectivity index (χ4v) is 3.89. The molecule has 2 rings (SSSR count). The van der Waals surface area contributed by atoms with E-state index in [4.69, 9.17) is 27.9 Å². The highest BCUT2D eigenvalue weighted by Crippen LogP contribution is 2.44. The number of methoxy groups -OCH3 is 1. The van der Waals surface area contributed by atoms with Gasteiger partial charge in [-0.15, -0.1) is 0 Å². The number of halogens is 2. The van der Waals surface area contributed by atoms with E-state index in [9.17, 15) is 0 Å². The Kier molecular flexibility index (Phi) is 6.36. The Morgan fingerprint density at radius 2 is 2.00 bits per heavy atom. The Hall–Kier alpha value is -0.280. The largest absolute Gasteiger partial charge is 0.383 e. The topological polar surface area (TPSA) is 21.3 Å². The van der Waals surface area contributed by atoms with E-state index in [1.807, 2.05) is 12.1 Å². The average Bonchev–Trinajstić information content (AvgIpc) is 2.46. The van der Waals surface area contributed by atoms with E-state index in [-0.39, 0.29) is 5.41 Å². The second-order valence-electron chi connectivity index (χ2n) is 6.26. The van der Waals surface area contributed by atoms with Gasteiger partial charge in [0.15, 0.2) is 0 Å². The molecule has 0 aliphatic heterocycles. The van der Waals surface area contributed by atoms with Crippen molar-refractivity contribution in [1.82, 2.24) is 5.32 Å². The molecule has 21 heavy (non-hydrogen) atoms. The molecule has 1 N–H and O–H groups in total. The number of rotatable bonds is 6. The first-order valence-electron chi connectivity index (χ1n) is 7.72. The summed E-state index contributed by atoms with van der Waals surface area (Å²) >= 11 is 12.5. The molecule has 1 saturated carbocycles. The summed E-state index contributed by atoms with van der Waals surface area (Å²) in [6.45, 7) is 4.90.